The molecule has 0 unspecified atom stereocenters. The molecule has 6 heteroatoms. The fourth-order valence-electron chi connectivity index (χ4n) is 5.18. The molecule has 4 aromatic carbocycles. The summed E-state index contributed by atoms with van der Waals surface area (Å²) in [6.45, 7) is 9.63. The van der Waals surface area contributed by atoms with Gasteiger partial charge in [0.1, 0.15) is 12.2 Å². The highest BCUT2D eigenvalue weighted by Gasteiger charge is 2.37. The van der Waals surface area contributed by atoms with E-state index in [1.807, 2.05) is 109 Å². The Balaban J connectivity index is 1.52. The molecule has 5 rings (SSSR count). The van der Waals surface area contributed by atoms with Crippen molar-refractivity contribution in [1.82, 2.24) is 0 Å². The molecule has 1 heterocycles. The fraction of sp³-hybridized carbons (Fsp3) is 0.243. The van der Waals surface area contributed by atoms with Gasteiger partial charge in [-0.05, 0) is 34.4 Å². The van der Waals surface area contributed by atoms with Gasteiger partial charge in [0.2, 0.25) is 12.5 Å². The van der Waals surface area contributed by atoms with Crippen LogP contribution in [0.2, 0.25) is 0 Å². The van der Waals surface area contributed by atoms with E-state index in [-0.39, 0.29) is 12.7 Å². The van der Waals surface area contributed by atoms with Crippen molar-refractivity contribution in [2.45, 2.75) is 44.1 Å². The highest BCUT2D eigenvalue weighted by Crippen LogP contribution is 2.45. The van der Waals surface area contributed by atoms with E-state index in [4.69, 9.17) is 28.4 Å². The topological polar surface area (TPSA) is 55.4 Å². The normalized spacial score (nSPS) is 14.8. The molecule has 0 fully saturated rings. The average Bonchev–Trinajstić information content (AvgIpc) is 3.55. The molecule has 43 heavy (non-hydrogen) atoms. The lowest BCUT2D eigenvalue weighted by Crippen LogP contribution is -2.44. The maximum absolute atomic E-state index is 6.78. The quantitative estimate of drug-likeness (QED) is 0.127. The smallest absolute Gasteiger partial charge is 0.231 e. The molecule has 0 radical (unpaired) electrons. The standard InChI is InChI=1S/C37H38O6/c1-4-31(30-21-33(38-3)36-34(22-30)42-26-43-36)35(40-24-28-17-11-7-12-18-28)37(41-25-29-19-13-8-14-20-29)32(5-2)39-23-27-15-9-6-10-16-27/h4-22,31-32,35,37H,1-2,23-26H2,3H3/t31-,32-,35+,37+/m0/s1. The van der Waals surface area contributed by atoms with Crippen molar-refractivity contribution in [2.75, 3.05) is 13.9 Å². The SMILES string of the molecule is C=C[C@H](OCc1ccccc1)[C@@H](OCc1ccccc1)[C@H](OCc1ccccc1)[C@@H](C=C)c1cc(OC)c2c(c1)OCO2. The number of benzene rings is 4. The van der Waals surface area contributed by atoms with E-state index in [0.717, 1.165) is 22.3 Å². The minimum Gasteiger partial charge on any atom is -0.493 e. The van der Waals surface area contributed by atoms with Crippen molar-refractivity contribution in [3.05, 3.63) is 151 Å². The van der Waals surface area contributed by atoms with Gasteiger partial charge in [-0.3, -0.25) is 0 Å². The first-order chi connectivity index (χ1) is 21.2. The van der Waals surface area contributed by atoms with Crippen LogP contribution in [0.25, 0.3) is 0 Å². The molecular weight excluding hydrogens is 540 g/mol. The van der Waals surface area contributed by atoms with E-state index in [2.05, 4.69) is 13.2 Å². The zero-order valence-corrected chi connectivity index (χ0v) is 24.5. The Morgan fingerprint density at radius 3 is 1.72 bits per heavy atom. The molecule has 4 aromatic rings. The largest absolute Gasteiger partial charge is 0.493 e. The van der Waals surface area contributed by atoms with Gasteiger partial charge in [0.05, 0.1) is 33.0 Å². The van der Waals surface area contributed by atoms with Crippen molar-refractivity contribution in [3.8, 4) is 17.2 Å². The van der Waals surface area contributed by atoms with Gasteiger partial charge in [-0.2, -0.15) is 0 Å². The second-order valence-electron chi connectivity index (χ2n) is 10.2. The van der Waals surface area contributed by atoms with Crippen molar-refractivity contribution in [1.29, 1.82) is 0 Å². The van der Waals surface area contributed by atoms with Crippen LogP contribution < -0.4 is 14.2 Å². The van der Waals surface area contributed by atoms with Gasteiger partial charge in [-0.15, -0.1) is 13.2 Å². The minimum absolute atomic E-state index is 0.135. The van der Waals surface area contributed by atoms with Crippen LogP contribution in [0.15, 0.2) is 128 Å². The molecule has 0 saturated carbocycles. The lowest BCUT2D eigenvalue weighted by Gasteiger charge is -2.36. The predicted octanol–water partition coefficient (Wildman–Crippen LogP) is 7.64. The third-order valence-corrected chi connectivity index (χ3v) is 7.41. The summed E-state index contributed by atoms with van der Waals surface area (Å²) in [5.74, 6) is 1.46. The summed E-state index contributed by atoms with van der Waals surface area (Å²) < 4.78 is 37.1. The van der Waals surface area contributed by atoms with E-state index in [0.29, 0.717) is 37.1 Å². The summed E-state index contributed by atoms with van der Waals surface area (Å²) in [7, 11) is 1.62. The lowest BCUT2D eigenvalue weighted by atomic mass is 9.87. The van der Waals surface area contributed by atoms with Crippen molar-refractivity contribution >= 4 is 0 Å². The van der Waals surface area contributed by atoms with Crippen LogP contribution in [0.5, 0.6) is 17.2 Å². The number of ether oxygens (including phenoxy) is 6. The Kier molecular flexibility index (Phi) is 10.6. The minimum atomic E-state index is -0.551. The molecular formula is C37H38O6. The van der Waals surface area contributed by atoms with Crippen molar-refractivity contribution in [3.63, 3.8) is 0 Å². The fourth-order valence-corrected chi connectivity index (χ4v) is 5.18. The second-order valence-corrected chi connectivity index (χ2v) is 10.2. The van der Waals surface area contributed by atoms with Gasteiger partial charge in [-0.1, -0.05) is 103 Å². The van der Waals surface area contributed by atoms with E-state index >= 15 is 0 Å². The molecule has 6 nitrogen and oxygen atoms in total. The molecule has 0 saturated heterocycles. The number of methoxy groups -OCH3 is 1. The molecule has 0 aromatic heterocycles. The first kappa shape index (κ1) is 30.1. The second kappa shape index (κ2) is 15.2. The molecule has 0 bridgehead atoms. The van der Waals surface area contributed by atoms with Crippen LogP contribution in [-0.4, -0.2) is 32.2 Å². The Hall–Kier alpha value is -4.36. The summed E-state index contributed by atoms with van der Waals surface area (Å²) in [6.07, 6.45) is 2.10. The average molecular weight is 579 g/mol. The summed E-state index contributed by atoms with van der Waals surface area (Å²) in [6, 6.07) is 34.1. The van der Waals surface area contributed by atoms with Crippen LogP contribution in [0, 0.1) is 0 Å². The zero-order chi connectivity index (χ0) is 29.9. The molecule has 4 atom stereocenters. The number of hydrogen-bond donors (Lipinski definition) is 0. The monoisotopic (exact) mass is 578 g/mol. The van der Waals surface area contributed by atoms with Crippen LogP contribution in [0.4, 0.5) is 0 Å². The van der Waals surface area contributed by atoms with Crippen molar-refractivity contribution < 1.29 is 28.4 Å². The molecule has 0 aliphatic carbocycles. The predicted molar refractivity (Wildman–Crippen MR) is 167 cm³/mol. The maximum Gasteiger partial charge on any atom is 0.231 e. The van der Waals surface area contributed by atoms with E-state index < -0.39 is 18.3 Å². The van der Waals surface area contributed by atoms with Gasteiger partial charge < -0.3 is 28.4 Å². The van der Waals surface area contributed by atoms with Gasteiger partial charge >= 0.3 is 0 Å². The summed E-state index contributed by atoms with van der Waals surface area (Å²) in [5, 5.41) is 0. The van der Waals surface area contributed by atoms with Crippen LogP contribution >= 0.6 is 0 Å². The highest BCUT2D eigenvalue weighted by molar-refractivity contribution is 5.56. The Morgan fingerprint density at radius 2 is 1.21 bits per heavy atom. The molecule has 0 N–H and O–H groups in total. The highest BCUT2D eigenvalue weighted by atomic mass is 16.7. The third-order valence-electron chi connectivity index (χ3n) is 7.41. The summed E-state index contributed by atoms with van der Waals surface area (Å²) in [5.41, 5.74) is 4.04. The van der Waals surface area contributed by atoms with Gasteiger partial charge in [0.25, 0.3) is 0 Å². The Labute approximate surface area is 254 Å². The van der Waals surface area contributed by atoms with E-state index in [1.165, 1.54) is 0 Å². The number of fused-ring (bicyclic) bond motifs is 1. The molecule has 0 amide bonds. The first-order valence-electron chi connectivity index (χ1n) is 14.4. The summed E-state index contributed by atoms with van der Waals surface area (Å²) >= 11 is 0. The molecule has 1 aliphatic heterocycles. The van der Waals surface area contributed by atoms with E-state index in [9.17, 15) is 0 Å². The molecule has 1 aliphatic rings. The zero-order valence-electron chi connectivity index (χ0n) is 24.5. The van der Waals surface area contributed by atoms with Gasteiger partial charge in [-0.25, -0.2) is 0 Å². The molecule has 222 valence electrons. The van der Waals surface area contributed by atoms with Gasteiger partial charge in [0, 0.05) is 5.92 Å². The Bertz CT molecular complexity index is 1440. The van der Waals surface area contributed by atoms with Crippen molar-refractivity contribution in [2.24, 2.45) is 0 Å². The maximum atomic E-state index is 6.78. The number of rotatable bonds is 16. The van der Waals surface area contributed by atoms with Crippen LogP contribution in [0.3, 0.4) is 0 Å². The van der Waals surface area contributed by atoms with Crippen LogP contribution in [-0.2, 0) is 34.0 Å². The number of hydrogen-bond acceptors (Lipinski definition) is 6. The third kappa shape index (κ3) is 7.73. The Morgan fingerprint density at radius 1 is 0.674 bits per heavy atom. The van der Waals surface area contributed by atoms with E-state index in [1.54, 1.807) is 13.2 Å². The lowest BCUT2D eigenvalue weighted by molar-refractivity contribution is -0.142. The van der Waals surface area contributed by atoms with Crippen LogP contribution in [0.1, 0.15) is 28.2 Å². The first-order valence-corrected chi connectivity index (χ1v) is 14.4. The molecule has 0 spiro atoms. The van der Waals surface area contributed by atoms with Gasteiger partial charge in [0.15, 0.2) is 11.5 Å². The summed E-state index contributed by atoms with van der Waals surface area (Å²) in [4.78, 5) is 0.